The van der Waals surface area contributed by atoms with Crippen molar-refractivity contribution in [2.45, 2.75) is 34.1 Å². The molecule has 0 unspecified atom stereocenters. The van der Waals surface area contributed by atoms with Crippen LogP contribution in [0.3, 0.4) is 0 Å². The monoisotopic (exact) mass is 214 g/mol. The SMILES string of the molecule is Cc1cc2ncc(CC(C)C)nc2cc1C. The number of benzene rings is 1. The van der Waals surface area contributed by atoms with Crippen LogP contribution in [0, 0.1) is 19.8 Å². The second-order valence-corrected chi connectivity index (χ2v) is 4.88. The molecule has 0 aliphatic rings. The minimum absolute atomic E-state index is 0.623. The molecule has 2 heteroatoms. The normalized spacial score (nSPS) is 11.3. The zero-order valence-corrected chi connectivity index (χ0v) is 10.4. The molecule has 0 saturated heterocycles. The molecule has 2 nitrogen and oxygen atoms in total. The molecular weight excluding hydrogens is 196 g/mol. The molecule has 0 aliphatic carbocycles. The van der Waals surface area contributed by atoms with Crippen molar-refractivity contribution < 1.29 is 0 Å². The first-order chi connectivity index (χ1) is 7.56. The molecule has 2 aromatic rings. The maximum Gasteiger partial charge on any atom is 0.0892 e. The van der Waals surface area contributed by atoms with Crippen LogP contribution in [-0.4, -0.2) is 9.97 Å². The average Bonchev–Trinajstić information content (AvgIpc) is 2.19. The predicted octanol–water partition coefficient (Wildman–Crippen LogP) is 3.45. The second kappa shape index (κ2) is 4.20. The molecule has 0 saturated carbocycles. The van der Waals surface area contributed by atoms with E-state index in [2.05, 4.69) is 49.8 Å². The van der Waals surface area contributed by atoms with Crippen LogP contribution in [0.1, 0.15) is 30.7 Å². The number of hydrogen-bond donors (Lipinski definition) is 0. The molecule has 84 valence electrons. The lowest BCUT2D eigenvalue weighted by Gasteiger charge is -2.06. The molecule has 1 aromatic carbocycles. The Hall–Kier alpha value is -1.44. The molecule has 1 aromatic heterocycles. The van der Waals surface area contributed by atoms with Crippen molar-refractivity contribution in [2.24, 2.45) is 5.92 Å². The molecule has 0 spiro atoms. The van der Waals surface area contributed by atoms with Gasteiger partial charge < -0.3 is 0 Å². The van der Waals surface area contributed by atoms with Crippen LogP contribution in [0.15, 0.2) is 18.3 Å². The van der Waals surface area contributed by atoms with Gasteiger partial charge in [-0.05, 0) is 49.4 Å². The van der Waals surface area contributed by atoms with Gasteiger partial charge in [-0.3, -0.25) is 4.98 Å². The number of hydrogen-bond acceptors (Lipinski definition) is 2. The van der Waals surface area contributed by atoms with E-state index in [4.69, 9.17) is 0 Å². The average molecular weight is 214 g/mol. The van der Waals surface area contributed by atoms with Gasteiger partial charge in [0.2, 0.25) is 0 Å². The fourth-order valence-corrected chi connectivity index (χ4v) is 1.82. The Morgan fingerprint density at radius 3 is 2.31 bits per heavy atom. The van der Waals surface area contributed by atoms with Crippen molar-refractivity contribution in [3.05, 3.63) is 35.2 Å². The van der Waals surface area contributed by atoms with Crippen LogP contribution in [0.2, 0.25) is 0 Å². The molecule has 16 heavy (non-hydrogen) atoms. The van der Waals surface area contributed by atoms with Crippen molar-refractivity contribution in [1.82, 2.24) is 9.97 Å². The summed E-state index contributed by atoms with van der Waals surface area (Å²) in [5.74, 6) is 0.623. The maximum absolute atomic E-state index is 4.65. The summed E-state index contributed by atoms with van der Waals surface area (Å²) in [6.45, 7) is 8.63. The van der Waals surface area contributed by atoms with Gasteiger partial charge >= 0.3 is 0 Å². The van der Waals surface area contributed by atoms with E-state index in [1.807, 2.05) is 6.20 Å². The molecule has 0 fully saturated rings. The lowest BCUT2D eigenvalue weighted by atomic mass is 10.1. The van der Waals surface area contributed by atoms with E-state index in [1.54, 1.807) is 0 Å². The van der Waals surface area contributed by atoms with E-state index in [0.29, 0.717) is 5.92 Å². The summed E-state index contributed by atoms with van der Waals surface area (Å²) in [5.41, 5.74) is 5.66. The highest BCUT2D eigenvalue weighted by molar-refractivity contribution is 5.76. The van der Waals surface area contributed by atoms with Gasteiger partial charge in [0, 0.05) is 6.20 Å². The molecule has 0 radical (unpaired) electrons. The smallest absolute Gasteiger partial charge is 0.0892 e. The molecule has 0 atom stereocenters. The summed E-state index contributed by atoms with van der Waals surface area (Å²) in [7, 11) is 0. The van der Waals surface area contributed by atoms with Gasteiger partial charge in [0.25, 0.3) is 0 Å². The molecule has 0 bridgehead atoms. The number of rotatable bonds is 2. The summed E-state index contributed by atoms with van der Waals surface area (Å²) in [5, 5.41) is 0. The highest BCUT2D eigenvalue weighted by Gasteiger charge is 2.04. The molecule has 2 rings (SSSR count). The Morgan fingerprint density at radius 1 is 1.06 bits per heavy atom. The first-order valence-corrected chi connectivity index (χ1v) is 5.79. The first-order valence-electron chi connectivity index (χ1n) is 5.79. The zero-order valence-electron chi connectivity index (χ0n) is 10.4. The Morgan fingerprint density at radius 2 is 1.69 bits per heavy atom. The van der Waals surface area contributed by atoms with E-state index in [-0.39, 0.29) is 0 Å². The topological polar surface area (TPSA) is 25.8 Å². The number of fused-ring (bicyclic) bond motifs is 1. The van der Waals surface area contributed by atoms with Crippen LogP contribution >= 0.6 is 0 Å². The third kappa shape index (κ3) is 2.21. The summed E-state index contributed by atoms with van der Waals surface area (Å²) in [6.07, 6.45) is 2.90. The predicted molar refractivity (Wildman–Crippen MR) is 67.6 cm³/mol. The summed E-state index contributed by atoms with van der Waals surface area (Å²) >= 11 is 0. The van der Waals surface area contributed by atoms with Crippen molar-refractivity contribution in [2.75, 3.05) is 0 Å². The van der Waals surface area contributed by atoms with Crippen LogP contribution < -0.4 is 0 Å². The van der Waals surface area contributed by atoms with Gasteiger partial charge in [-0.25, -0.2) is 4.98 Å². The minimum atomic E-state index is 0.623. The molecule has 0 aliphatic heterocycles. The van der Waals surface area contributed by atoms with Crippen molar-refractivity contribution >= 4 is 11.0 Å². The fourth-order valence-electron chi connectivity index (χ4n) is 1.82. The maximum atomic E-state index is 4.65. The van der Waals surface area contributed by atoms with Crippen LogP contribution in [0.4, 0.5) is 0 Å². The fraction of sp³-hybridized carbons (Fsp3) is 0.429. The van der Waals surface area contributed by atoms with E-state index >= 15 is 0 Å². The molecule has 0 amide bonds. The Balaban J connectivity index is 2.49. The van der Waals surface area contributed by atoms with Crippen LogP contribution in [-0.2, 0) is 6.42 Å². The second-order valence-electron chi connectivity index (χ2n) is 4.88. The summed E-state index contributed by atoms with van der Waals surface area (Å²) in [6, 6.07) is 4.23. The largest absolute Gasteiger partial charge is 0.253 e. The number of nitrogens with zero attached hydrogens (tertiary/aromatic N) is 2. The number of aryl methyl sites for hydroxylation is 2. The Kier molecular flexibility index (Phi) is 2.90. The van der Waals surface area contributed by atoms with E-state index < -0.39 is 0 Å². The first kappa shape index (κ1) is 11.1. The van der Waals surface area contributed by atoms with Gasteiger partial charge in [0.15, 0.2) is 0 Å². The van der Waals surface area contributed by atoms with Crippen LogP contribution in [0.5, 0.6) is 0 Å². The minimum Gasteiger partial charge on any atom is -0.253 e. The van der Waals surface area contributed by atoms with Crippen LogP contribution in [0.25, 0.3) is 11.0 Å². The van der Waals surface area contributed by atoms with E-state index in [9.17, 15) is 0 Å². The molecular formula is C14H18N2. The quantitative estimate of drug-likeness (QED) is 0.765. The van der Waals surface area contributed by atoms with Gasteiger partial charge in [-0.15, -0.1) is 0 Å². The molecule has 1 heterocycles. The lowest BCUT2D eigenvalue weighted by molar-refractivity contribution is 0.635. The van der Waals surface area contributed by atoms with Gasteiger partial charge in [-0.1, -0.05) is 13.8 Å². The van der Waals surface area contributed by atoms with E-state index in [1.165, 1.54) is 11.1 Å². The molecule has 0 N–H and O–H groups in total. The van der Waals surface area contributed by atoms with Crippen molar-refractivity contribution in [3.63, 3.8) is 0 Å². The highest BCUT2D eigenvalue weighted by Crippen LogP contribution is 2.16. The summed E-state index contributed by atoms with van der Waals surface area (Å²) in [4.78, 5) is 9.13. The van der Waals surface area contributed by atoms with Gasteiger partial charge in [0.05, 0.1) is 16.7 Å². The number of aromatic nitrogens is 2. The standard InChI is InChI=1S/C14H18N2/c1-9(2)5-12-8-15-13-6-10(3)11(4)7-14(13)16-12/h6-9H,5H2,1-4H3. The third-order valence-corrected chi connectivity index (χ3v) is 2.82. The van der Waals surface area contributed by atoms with Gasteiger partial charge in [0.1, 0.15) is 0 Å². The van der Waals surface area contributed by atoms with E-state index in [0.717, 1.165) is 23.1 Å². The Labute approximate surface area is 96.7 Å². The lowest BCUT2D eigenvalue weighted by Crippen LogP contribution is -1.99. The Bertz CT molecular complexity index is 515. The van der Waals surface area contributed by atoms with Crippen molar-refractivity contribution in [1.29, 1.82) is 0 Å². The zero-order chi connectivity index (χ0) is 11.7. The third-order valence-electron chi connectivity index (χ3n) is 2.82. The van der Waals surface area contributed by atoms with Gasteiger partial charge in [-0.2, -0.15) is 0 Å². The summed E-state index contributed by atoms with van der Waals surface area (Å²) < 4.78 is 0. The van der Waals surface area contributed by atoms with Crippen molar-refractivity contribution in [3.8, 4) is 0 Å². The highest BCUT2D eigenvalue weighted by atomic mass is 14.8.